The first kappa shape index (κ1) is 24.6. The Morgan fingerprint density at radius 1 is 0.886 bits per heavy atom. The minimum atomic E-state index is -0.245. The van der Waals surface area contributed by atoms with Gasteiger partial charge in [-0.2, -0.15) is 0 Å². The van der Waals surface area contributed by atoms with Crippen molar-refractivity contribution >= 4 is 40.5 Å². The molecule has 3 aromatic carbocycles. The van der Waals surface area contributed by atoms with Gasteiger partial charge in [0, 0.05) is 61.1 Å². The van der Waals surface area contributed by atoms with Crippen LogP contribution in [0.15, 0.2) is 72.8 Å². The molecule has 0 spiro atoms. The SMILES string of the molecule is COc1ccccc1NC(=O)c1ccc(NC(=O)CCN2CCN(c3ccc(Cl)cc3)CC2)cc1. The average Bonchev–Trinajstić information content (AvgIpc) is 2.89. The standard InChI is InChI=1S/C27H29ClN4O3/c1-35-25-5-3-2-4-24(25)30-27(34)20-6-10-22(11-7-20)29-26(33)14-15-31-16-18-32(19-17-31)23-12-8-21(28)9-13-23/h2-13H,14-19H2,1H3,(H,29,33)(H,30,34). The summed E-state index contributed by atoms with van der Waals surface area (Å²) < 4.78 is 5.27. The fourth-order valence-corrected chi connectivity index (χ4v) is 4.14. The Balaban J connectivity index is 1.21. The maximum atomic E-state index is 12.6. The smallest absolute Gasteiger partial charge is 0.255 e. The largest absolute Gasteiger partial charge is 0.495 e. The van der Waals surface area contributed by atoms with E-state index in [0.717, 1.165) is 31.2 Å². The number of nitrogens with zero attached hydrogens (tertiary/aromatic N) is 2. The number of benzene rings is 3. The molecule has 1 fully saturated rings. The number of hydrogen-bond acceptors (Lipinski definition) is 5. The summed E-state index contributed by atoms with van der Waals surface area (Å²) in [6.45, 7) is 4.36. The van der Waals surface area contributed by atoms with Crippen molar-refractivity contribution in [1.29, 1.82) is 0 Å². The zero-order valence-electron chi connectivity index (χ0n) is 19.7. The summed E-state index contributed by atoms with van der Waals surface area (Å²) >= 11 is 5.98. The van der Waals surface area contributed by atoms with Gasteiger partial charge in [0.25, 0.3) is 5.91 Å². The summed E-state index contributed by atoms with van der Waals surface area (Å²) in [6.07, 6.45) is 0.414. The van der Waals surface area contributed by atoms with Crippen molar-refractivity contribution in [3.05, 3.63) is 83.4 Å². The molecular weight excluding hydrogens is 464 g/mol. The van der Waals surface area contributed by atoms with Crippen LogP contribution in [0.5, 0.6) is 5.75 Å². The highest BCUT2D eigenvalue weighted by Gasteiger charge is 2.18. The Bertz CT molecular complexity index is 1140. The molecule has 1 aliphatic rings. The second kappa shape index (κ2) is 11.7. The maximum absolute atomic E-state index is 12.6. The molecule has 182 valence electrons. The maximum Gasteiger partial charge on any atom is 0.255 e. The van der Waals surface area contributed by atoms with Crippen LogP contribution in [0.3, 0.4) is 0 Å². The summed E-state index contributed by atoms with van der Waals surface area (Å²) in [4.78, 5) is 29.6. The van der Waals surface area contributed by atoms with E-state index in [1.807, 2.05) is 36.4 Å². The van der Waals surface area contributed by atoms with Crippen LogP contribution >= 0.6 is 11.6 Å². The number of amides is 2. The first-order valence-corrected chi connectivity index (χ1v) is 12.0. The van der Waals surface area contributed by atoms with E-state index in [4.69, 9.17) is 16.3 Å². The number of para-hydroxylation sites is 2. The van der Waals surface area contributed by atoms with Gasteiger partial charge in [-0.3, -0.25) is 14.5 Å². The second-order valence-corrected chi connectivity index (χ2v) is 8.77. The minimum absolute atomic E-state index is 0.0450. The van der Waals surface area contributed by atoms with Crippen molar-refractivity contribution < 1.29 is 14.3 Å². The number of methoxy groups -OCH3 is 1. The van der Waals surface area contributed by atoms with Crippen LogP contribution < -0.4 is 20.3 Å². The molecule has 0 bridgehead atoms. The van der Waals surface area contributed by atoms with Gasteiger partial charge < -0.3 is 20.3 Å². The Labute approximate surface area is 210 Å². The molecule has 0 saturated carbocycles. The Kier molecular flexibility index (Phi) is 8.23. The van der Waals surface area contributed by atoms with E-state index >= 15 is 0 Å². The summed E-state index contributed by atoms with van der Waals surface area (Å²) in [5, 5.41) is 6.50. The molecule has 35 heavy (non-hydrogen) atoms. The predicted molar refractivity (Wildman–Crippen MR) is 141 cm³/mol. The Morgan fingerprint density at radius 2 is 1.57 bits per heavy atom. The van der Waals surface area contributed by atoms with Gasteiger partial charge in [-0.05, 0) is 60.7 Å². The lowest BCUT2D eigenvalue weighted by Gasteiger charge is -2.36. The number of rotatable bonds is 8. The van der Waals surface area contributed by atoms with Crippen molar-refractivity contribution in [2.75, 3.05) is 55.4 Å². The van der Waals surface area contributed by atoms with Gasteiger partial charge in [0.05, 0.1) is 12.8 Å². The molecule has 7 nitrogen and oxygen atoms in total. The molecule has 8 heteroatoms. The fourth-order valence-electron chi connectivity index (χ4n) is 4.01. The molecule has 1 aliphatic heterocycles. The van der Waals surface area contributed by atoms with Crippen molar-refractivity contribution in [3.63, 3.8) is 0 Å². The molecule has 0 unspecified atom stereocenters. The van der Waals surface area contributed by atoms with Gasteiger partial charge >= 0.3 is 0 Å². The zero-order chi connectivity index (χ0) is 24.6. The summed E-state index contributed by atoms with van der Waals surface area (Å²) in [7, 11) is 1.56. The van der Waals surface area contributed by atoms with Crippen LogP contribution in [0.2, 0.25) is 5.02 Å². The van der Waals surface area contributed by atoms with Crippen LogP contribution in [0.25, 0.3) is 0 Å². The lowest BCUT2D eigenvalue weighted by atomic mass is 10.1. The number of halogens is 1. The predicted octanol–water partition coefficient (Wildman–Crippen LogP) is 4.75. The minimum Gasteiger partial charge on any atom is -0.495 e. The normalized spacial score (nSPS) is 13.8. The molecule has 3 aromatic rings. The number of carbonyl (C=O) groups is 2. The van der Waals surface area contributed by atoms with E-state index in [2.05, 4.69) is 20.4 Å². The molecule has 2 amide bonds. The molecule has 1 saturated heterocycles. The third kappa shape index (κ3) is 6.74. The van der Waals surface area contributed by atoms with Crippen LogP contribution in [-0.4, -0.2) is 56.5 Å². The second-order valence-electron chi connectivity index (χ2n) is 8.34. The van der Waals surface area contributed by atoms with Gasteiger partial charge in [0.2, 0.25) is 5.91 Å². The zero-order valence-corrected chi connectivity index (χ0v) is 20.4. The first-order valence-electron chi connectivity index (χ1n) is 11.6. The van der Waals surface area contributed by atoms with E-state index in [1.54, 1.807) is 43.5 Å². The van der Waals surface area contributed by atoms with E-state index in [9.17, 15) is 9.59 Å². The number of ether oxygens (including phenoxy) is 1. The molecular formula is C27H29ClN4O3. The van der Waals surface area contributed by atoms with E-state index in [1.165, 1.54) is 5.69 Å². The van der Waals surface area contributed by atoms with Gasteiger partial charge in [-0.15, -0.1) is 0 Å². The highest BCUT2D eigenvalue weighted by Crippen LogP contribution is 2.24. The fraction of sp³-hybridized carbons (Fsp3) is 0.259. The van der Waals surface area contributed by atoms with Crippen molar-refractivity contribution in [2.45, 2.75) is 6.42 Å². The Morgan fingerprint density at radius 3 is 2.26 bits per heavy atom. The quantitative estimate of drug-likeness (QED) is 0.474. The highest BCUT2D eigenvalue weighted by molar-refractivity contribution is 6.30. The lowest BCUT2D eigenvalue weighted by Crippen LogP contribution is -2.47. The summed E-state index contributed by atoms with van der Waals surface area (Å²) in [5.41, 5.74) is 2.93. The van der Waals surface area contributed by atoms with Crippen molar-refractivity contribution in [3.8, 4) is 5.75 Å². The van der Waals surface area contributed by atoms with Crippen LogP contribution in [0, 0.1) is 0 Å². The number of carbonyl (C=O) groups excluding carboxylic acids is 2. The molecule has 4 rings (SSSR count). The molecule has 0 atom stereocenters. The lowest BCUT2D eigenvalue weighted by molar-refractivity contribution is -0.116. The molecule has 0 aliphatic carbocycles. The topological polar surface area (TPSA) is 73.9 Å². The van der Waals surface area contributed by atoms with Crippen LogP contribution in [-0.2, 0) is 4.79 Å². The van der Waals surface area contributed by atoms with Gasteiger partial charge in [-0.1, -0.05) is 23.7 Å². The van der Waals surface area contributed by atoms with Crippen molar-refractivity contribution in [1.82, 2.24) is 4.90 Å². The van der Waals surface area contributed by atoms with E-state index in [-0.39, 0.29) is 11.8 Å². The van der Waals surface area contributed by atoms with Crippen LogP contribution in [0.4, 0.5) is 17.1 Å². The third-order valence-electron chi connectivity index (χ3n) is 6.01. The molecule has 0 radical (unpaired) electrons. The highest BCUT2D eigenvalue weighted by atomic mass is 35.5. The van der Waals surface area contributed by atoms with Gasteiger partial charge in [0.15, 0.2) is 0 Å². The molecule has 0 aromatic heterocycles. The first-order chi connectivity index (χ1) is 17.0. The van der Waals surface area contributed by atoms with Crippen molar-refractivity contribution in [2.24, 2.45) is 0 Å². The number of piperazine rings is 1. The van der Waals surface area contributed by atoms with Gasteiger partial charge in [0.1, 0.15) is 5.75 Å². The number of hydrogen-bond donors (Lipinski definition) is 2. The Hall–Kier alpha value is -3.55. The summed E-state index contributed by atoms with van der Waals surface area (Å²) in [6, 6.07) is 22.0. The summed E-state index contributed by atoms with van der Waals surface area (Å²) in [5.74, 6) is 0.303. The van der Waals surface area contributed by atoms with E-state index < -0.39 is 0 Å². The molecule has 2 N–H and O–H groups in total. The average molecular weight is 493 g/mol. The van der Waals surface area contributed by atoms with Gasteiger partial charge in [-0.25, -0.2) is 0 Å². The number of nitrogens with one attached hydrogen (secondary N) is 2. The van der Waals surface area contributed by atoms with Crippen LogP contribution in [0.1, 0.15) is 16.8 Å². The van der Waals surface area contributed by atoms with E-state index in [0.29, 0.717) is 35.7 Å². The number of anilines is 3. The molecule has 1 heterocycles. The third-order valence-corrected chi connectivity index (χ3v) is 6.26. The monoisotopic (exact) mass is 492 g/mol.